The third-order valence-electron chi connectivity index (χ3n) is 3.07. The number of carbonyl (C=O) groups is 1. The Morgan fingerprint density at radius 2 is 2.00 bits per heavy atom. The Morgan fingerprint density at radius 1 is 1.32 bits per heavy atom. The molecule has 0 unspecified atom stereocenters. The normalized spacial score (nSPS) is 17.2. The first-order chi connectivity index (χ1) is 9.11. The van der Waals surface area contributed by atoms with Gasteiger partial charge < -0.3 is 5.11 Å². The van der Waals surface area contributed by atoms with Gasteiger partial charge in [0.2, 0.25) is 0 Å². The highest BCUT2D eigenvalue weighted by Gasteiger charge is 2.26. The van der Waals surface area contributed by atoms with Crippen molar-refractivity contribution in [2.75, 3.05) is 6.54 Å². The summed E-state index contributed by atoms with van der Waals surface area (Å²) in [6.45, 7) is 4.67. The molecular weight excluding hydrogens is 240 g/mol. The molecule has 0 saturated heterocycles. The van der Waals surface area contributed by atoms with Gasteiger partial charge in [0.1, 0.15) is 17.3 Å². The van der Waals surface area contributed by atoms with Gasteiger partial charge in [-0.15, -0.1) is 0 Å². The van der Waals surface area contributed by atoms with Gasteiger partial charge in [-0.05, 0) is 37.1 Å². The van der Waals surface area contributed by atoms with E-state index in [1.165, 1.54) is 0 Å². The zero-order valence-electron chi connectivity index (χ0n) is 11.3. The van der Waals surface area contributed by atoms with Crippen LogP contribution in [0.15, 0.2) is 35.0 Å². The molecule has 1 aliphatic heterocycles. The number of hydrogen-bond donors (Lipinski definition) is 1. The van der Waals surface area contributed by atoms with E-state index in [0.717, 1.165) is 30.8 Å². The van der Waals surface area contributed by atoms with Crippen LogP contribution < -0.4 is 0 Å². The maximum Gasteiger partial charge on any atom is 0.277 e. The summed E-state index contributed by atoms with van der Waals surface area (Å²) < 4.78 is 0. The predicted octanol–water partition coefficient (Wildman–Crippen LogP) is 2.79. The fourth-order valence-electron chi connectivity index (χ4n) is 1.97. The number of carbonyl (C=O) groups excluding carboxylic acids is 1. The van der Waals surface area contributed by atoms with Crippen LogP contribution in [0.5, 0.6) is 5.75 Å². The lowest BCUT2D eigenvalue weighted by molar-refractivity contribution is -0.122. The van der Waals surface area contributed by atoms with Gasteiger partial charge in [-0.3, -0.25) is 9.69 Å². The highest BCUT2D eigenvalue weighted by Crippen LogP contribution is 2.19. The molecule has 0 bridgehead atoms. The first-order valence-electron chi connectivity index (χ1n) is 6.49. The Morgan fingerprint density at radius 3 is 2.63 bits per heavy atom. The number of amidine groups is 1. The maximum absolute atomic E-state index is 12.2. The van der Waals surface area contributed by atoms with Gasteiger partial charge in [-0.2, -0.15) is 0 Å². The van der Waals surface area contributed by atoms with Gasteiger partial charge in [-0.25, -0.2) is 4.99 Å². The molecule has 0 aliphatic carbocycles. The number of aromatic hydroxyl groups is 1. The molecule has 4 nitrogen and oxygen atoms in total. The van der Waals surface area contributed by atoms with E-state index in [-0.39, 0.29) is 11.7 Å². The van der Waals surface area contributed by atoms with E-state index in [0.29, 0.717) is 5.70 Å². The lowest BCUT2D eigenvalue weighted by atomic mass is 10.2. The standard InChI is InChI=1S/C15H18N2O2/c1-3-4-9-17-11(2)16-14(15(17)19)10-12-5-7-13(18)8-6-12/h5-8,10,18H,3-4,9H2,1-2H3/b14-10-. The van der Waals surface area contributed by atoms with Gasteiger partial charge in [0.15, 0.2) is 0 Å². The van der Waals surface area contributed by atoms with Gasteiger partial charge in [0, 0.05) is 6.54 Å². The van der Waals surface area contributed by atoms with Crippen molar-refractivity contribution < 1.29 is 9.90 Å². The zero-order valence-corrected chi connectivity index (χ0v) is 11.3. The van der Waals surface area contributed by atoms with E-state index in [1.54, 1.807) is 35.2 Å². The molecule has 0 atom stereocenters. The van der Waals surface area contributed by atoms with E-state index in [4.69, 9.17) is 0 Å². The van der Waals surface area contributed by atoms with Crippen molar-refractivity contribution in [2.45, 2.75) is 26.7 Å². The van der Waals surface area contributed by atoms with Crippen LogP contribution in [0, 0.1) is 0 Å². The Labute approximate surface area is 113 Å². The largest absolute Gasteiger partial charge is 0.508 e. The van der Waals surface area contributed by atoms with Crippen molar-refractivity contribution in [3.63, 3.8) is 0 Å². The average Bonchev–Trinajstić information content (AvgIpc) is 2.65. The van der Waals surface area contributed by atoms with Crippen molar-refractivity contribution in [3.8, 4) is 5.75 Å². The molecule has 1 aromatic rings. The molecule has 2 rings (SSSR count). The first kappa shape index (κ1) is 13.3. The van der Waals surface area contributed by atoms with Gasteiger partial charge in [-0.1, -0.05) is 25.5 Å². The molecule has 0 saturated carbocycles. The maximum atomic E-state index is 12.2. The summed E-state index contributed by atoms with van der Waals surface area (Å²) in [5.74, 6) is 0.923. The number of phenolic OH excluding ortho intramolecular Hbond substituents is 1. The van der Waals surface area contributed by atoms with Crippen LogP contribution in [0.2, 0.25) is 0 Å². The summed E-state index contributed by atoms with van der Waals surface area (Å²) in [5.41, 5.74) is 1.31. The number of benzene rings is 1. The number of phenols is 1. The molecule has 100 valence electrons. The van der Waals surface area contributed by atoms with Crippen LogP contribution in [0.25, 0.3) is 6.08 Å². The minimum absolute atomic E-state index is 0.0426. The van der Waals surface area contributed by atoms with Gasteiger partial charge in [0.05, 0.1) is 0 Å². The molecular formula is C15H18N2O2. The third kappa shape index (κ3) is 3.02. The topological polar surface area (TPSA) is 52.9 Å². The third-order valence-corrected chi connectivity index (χ3v) is 3.07. The van der Waals surface area contributed by atoms with Crippen LogP contribution >= 0.6 is 0 Å². The summed E-state index contributed by atoms with van der Waals surface area (Å²) in [5, 5.41) is 9.23. The monoisotopic (exact) mass is 258 g/mol. The van der Waals surface area contributed by atoms with E-state index >= 15 is 0 Å². The minimum atomic E-state index is -0.0426. The summed E-state index contributed by atoms with van der Waals surface area (Å²) in [4.78, 5) is 18.2. The van der Waals surface area contributed by atoms with Crippen molar-refractivity contribution >= 4 is 17.8 Å². The fraction of sp³-hybridized carbons (Fsp3) is 0.333. The Bertz CT molecular complexity index is 530. The Balaban J connectivity index is 2.18. The van der Waals surface area contributed by atoms with Crippen molar-refractivity contribution in [2.24, 2.45) is 4.99 Å². The van der Waals surface area contributed by atoms with E-state index in [2.05, 4.69) is 11.9 Å². The molecule has 1 aromatic carbocycles. The summed E-state index contributed by atoms with van der Waals surface area (Å²) in [6, 6.07) is 6.71. The van der Waals surface area contributed by atoms with Crippen LogP contribution in [0.4, 0.5) is 0 Å². The molecule has 0 spiro atoms. The number of hydrogen-bond acceptors (Lipinski definition) is 3. The van der Waals surface area contributed by atoms with Crippen molar-refractivity contribution in [1.29, 1.82) is 0 Å². The van der Waals surface area contributed by atoms with Crippen molar-refractivity contribution in [3.05, 3.63) is 35.5 Å². The van der Waals surface area contributed by atoms with E-state index in [1.807, 2.05) is 6.92 Å². The molecule has 19 heavy (non-hydrogen) atoms. The molecule has 0 fully saturated rings. The molecule has 1 aliphatic rings. The molecule has 4 heteroatoms. The molecule has 0 radical (unpaired) electrons. The summed E-state index contributed by atoms with van der Waals surface area (Å²) >= 11 is 0. The number of rotatable bonds is 4. The number of nitrogens with zero attached hydrogens (tertiary/aromatic N) is 2. The molecule has 1 heterocycles. The quantitative estimate of drug-likeness (QED) is 0.844. The molecule has 1 N–H and O–H groups in total. The second-order valence-electron chi connectivity index (χ2n) is 4.59. The number of amides is 1. The average molecular weight is 258 g/mol. The second kappa shape index (κ2) is 5.69. The zero-order chi connectivity index (χ0) is 13.8. The van der Waals surface area contributed by atoms with Crippen LogP contribution in [-0.2, 0) is 4.79 Å². The predicted molar refractivity (Wildman–Crippen MR) is 75.8 cm³/mol. The van der Waals surface area contributed by atoms with Gasteiger partial charge >= 0.3 is 0 Å². The molecule has 1 amide bonds. The SMILES string of the molecule is CCCCN1C(=O)/C(=C/c2ccc(O)cc2)N=C1C. The fourth-order valence-corrected chi connectivity index (χ4v) is 1.97. The lowest BCUT2D eigenvalue weighted by Crippen LogP contribution is -2.31. The minimum Gasteiger partial charge on any atom is -0.508 e. The highest BCUT2D eigenvalue weighted by molar-refractivity contribution is 6.13. The van der Waals surface area contributed by atoms with Crippen LogP contribution in [0.1, 0.15) is 32.3 Å². The highest BCUT2D eigenvalue weighted by atomic mass is 16.3. The first-order valence-corrected chi connectivity index (χ1v) is 6.49. The van der Waals surface area contributed by atoms with E-state index < -0.39 is 0 Å². The molecule has 0 aromatic heterocycles. The van der Waals surface area contributed by atoms with Crippen LogP contribution in [-0.4, -0.2) is 28.3 Å². The Kier molecular flexibility index (Phi) is 4.00. The number of unbranched alkanes of at least 4 members (excludes halogenated alkanes) is 1. The number of aliphatic imine (C=N–C) groups is 1. The van der Waals surface area contributed by atoms with Gasteiger partial charge in [0.25, 0.3) is 5.91 Å². The summed E-state index contributed by atoms with van der Waals surface area (Å²) in [6.07, 6.45) is 3.77. The van der Waals surface area contributed by atoms with Crippen LogP contribution in [0.3, 0.4) is 0 Å². The van der Waals surface area contributed by atoms with E-state index in [9.17, 15) is 9.90 Å². The Hall–Kier alpha value is -2.10. The summed E-state index contributed by atoms with van der Waals surface area (Å²) in [7, 11) is 0. The second-order valence-corrected chi connectivity index (χ2v) is 4.59. The van der Waals surface area contributed by atoms with Crippen molar-refractivity contribution in [1.82, 2.24) is 4.90 Å². The lowest BCUT2D eigenvalue weighted by Gasteiger charge is -2.14. The smallest absolute Gasteiger partial charge is 0.277 e.